The molecule has 0 bridgehead atoms. The van der Waals surface area contributed by atoms with E-state index in [1.165, 1.54) is 74.1 Å². The molecule has 0 aliphatic rings. The number of hydrogen-bond acceptors (Lipinski definition) is 0. The van der Waals surface area contributed by atoms with Crippen LogP contribution in [0.3, 0.4) is 0 Å². The molecule has 0 aromatic heterocycles. The normalized spacial score (nSPS) is 10.8. The van der Waals surface area contributed by atoms with Crippen molar-refractivity contribution >= 4 is 21.8 Å². The number of hydrogen-bond donors (Lipinski definition) is 0. The predicted molar refractivity (Wildman–Crippen MR) is 67.0 cm³/mol. The van der Waals surface area contributed by atoms with E-state index in [1.54, 1.807) is 0 Å². The first-order chi connectivity index (χ1) is 6.41. The Morgan fingerprint density at radius 3 is 1.38 bits per heavy atom. The Hall–Kier alpha value is 0.507. The van der Waals surface area contributed by atoms with Crippen LogP contribution in [0, 0.1) is 0 Å². The minimum Gasteiger partial charge on any atom is -0.127 e. The van der Waals surface area contributed by atoms with E-state index in [0.717, 1.165) is 5.88 Å². The molecule has 0 rings (SSSR count). The number of alkyl halides is 1. The fourth-order valence-corrected chi connectivity index (χ4v) is 2.27. The third-order valence-corrected chi connectivity index (χ3v) is 3.46. The van der Waals surface area contributed by atoms with Crippen LogP contribution in [0.5, 0.6) is 0 Å². The molecule has 0 aliphatic carbocycles. The van der Waals surface area contributed by atoms with Crippen molar-refractivity contribution in [3.63, 3.8) is 0 Å². The Kier molecular flexibility index (Phi) is 13.0. The highest BCUT2D eigenvalue weighted by Crippen LogP contribution is 2.10. The Morgan fingerprint density at radius 2 is 1.00 bits per heavy atom. The van der Waals surface area contributed by atoms with Crippen molar-refractivity contribution in [1.29, 1.82) is 0 Å². The lowest BCUT2D eigenvalue weighted by Gasteiger charge is -2.00. The van der Waals surface area contributed by atoms with Gasteiger partial charge in [0.25, 0.3) is 0 Å². The lowest BCUT2D eigenvalue weighted by Crippen LogP contribution is -1.82. The lowest BCUT2D eigenvalue weighted by molar-refractivity contribution is 0.573. The van der Waals surface area contributed by atoms with E-state index < -0.39 is 0 Å². The van der Waals surface area contributed by atoms with Gasteiger partial charge in [0.1, 0.15) is 0 Å². The van der Waals surface area contributed by atoms with Gasteiger partial charge < -0.3 is 0 Å². The fraction of sp³-hybridized carbons (Fsp3) is 1.00. The van der Waals surface area contributed by atoms with Crippen LogP contribution in [0.4, 0.5) is 0 Å². The standard InChI is InChI=1S/C11H25ClSi/c12-10-8-6-4-2-1-3-5-7-9-11-13/h1-11H2,13H3. The van der Waals surface area contributed by atoms with Crippen LogP contribution in [0.2, 0.25) is 6.04 Å². The highest BCUT2D eigenvalue weighted by molar-refractivity contribution is 6.17. The SMILES string of the molecule is [SiH3]CCCCCCCCCCCCl. The van der Waals surface area contributed by atoms with E-state index in [1.807, 2.05) is 0 Å². The van der Waals surface area contributed by atoms with Crippen LogP contribution in [-0.4, -0.2) is 16.1 Å². The van der Waals surface area contributed by atoms with E-state index in [-0.39, 0.29) is 0 Å². The van der Waals surface area contributed by atoms with Crippen LogP contribution in [0.15, 0.2) is 0 Å². The van der Waals surface area contributed by atoms with E-state index in [9.17, 15) is 0 Å². The molecule has 0 fully saturated rings. The van der Waals surface area contributed by atoms with Gasteiger partial charge in [0.15, 0.2) is 0 Å². The summed E-state index contributed by atoms with van der Waals surface area (Å²) >= 11 is 5.60. The molecule has 13 heavy (non-hydrogen) atoms. The monoisotopic (exact) mass is 220 g/mol. The van der Waals surface area contributed by atoms with Gasteiger partial charge in [-0.25, -0.2) is 0 Å². The zero-order chi connectivity index (χ0) is 9.78. The second-order valence-electron chi connectivity index (χ2n) is 3.87. The summed E-state index contributed by atoms with van der Waals surface area (Å²) in [5.74, 6) is 0.848. The summed E-state index contributed by atoms with van der Waals surface area (Å²) in [4.78, 5) is 0. The molecule has 0 saturated carbocycles. The van der Waals surface area contributed by atoms with Crippen molar-refractivity contribution in [2.75, 3.05) is 5.88 Å². The van der Waals surface area contributed by atoms with Gasteiger partial charge in [-0.05, 0) is 6.42 Å². The molecule has 0 N–H and O–H groups in total. The maximum Gasteiger partial charge on any atom is 0.0223 e. The van der Waals surface area contributed by atoms with Crippen molar-refractivity contribution in [2.24, 2.45) is 0 Å². The number of unbranched alkanes of at least 4 members (excludes halogenated alkanes) is 8. The molecule has 0 nitrogen and oxygen atoms in total. The summed E-state index contributed by atoms with van der Waals surface area (Å²) in [5.41, 5.74) is 0. The molecule has 0 saturated heterocycles. The highest BCUT2D eigenvalue weighted by Gasteiger charge is 1.91. The van der Waals surface area contributed by atoms with Crippen LogP contribution >= 0.6 is 11.6 Å². The van der Waals surface area contributed by atoms with E-state index in [2.05, 4.69) is 0 Å². The van der Waals surface area contributed by atoms with Crippen LogP contribution in [-0.2, 0) is 0 Å². The largest absolute Gasteiger partial charge is 0.127 e. The van der Waals surface area contributed by atoms with Gasteiger partial charge in [0.2, 0.25) is 0 Å². The summed E-state index contributed by atoms with van der Waals surface area (Å²) in [7, 11) is 1.40. The molecule has 0 amide bonds. The van der Waals surface area contributed by atoms with Gasteiger partial charge in [-0.1, -0.05) is 57.4 Å². The van der Waals surface area contributed by atoms with Crippen LogP contribution < -0.4 is 0 Å². The minimum absolute atomic E-state index is 0.848. The van der Waals surface area contributed by atoms with Gasteiger partial charge in [-0.2, -0.15) is 0 Å². The molecule has 0 spiro atoms. The topological polar surface area (TPSA) is 0 Å². The summed E-state index contributed by atoms with van der Waals surface area (Å²) < 4.78 is 0. The van der Waals surface area contributed by atoms with Gasteiger partial charge in [0.05, 0.1) is 0 Å². The molecule has 0 unspecified atom stereocenters. The predicted octanol–water partition coefficient (Wildman–Crippen LogP) is 3.52. The Bertz CT molecular complexity index is 76.2. The molecular weight excluding hydrogens is 196 g/mol. The molecule has 0 radical (unpaired) electrons. The Morgan fingerprint density at radius 1 is 0.615 bits per heavy atom. The van der Waals surface area contributed by atoms with Gasteiger partial charge >= 0.3 is 0 Å². The molecular formula is C11H25ClSi. The van der Waals surface area contributed by atoms with E-state index >= 15 is 0 Å². The molecule has 2 heteroatoms. The van der Waals surface area contributed by atoms with Crippen molar-refractivity contribution in [2.45, 2.75) is 63.8 Å². The molecule has 80 valence electrons. The number of rotatable bonds is 10. The molecule has 0 aromatic carbocycles. The van der Waals surface area contributed by atoms with Crippen molar-refractivity contribution in [1.82, 2.24) is 0 Å². The van der Waals surface area contributed by atoms with Crippen LogP contribution in [0.25, 0.3) is 0 Å². The zero-order valence-electron chi connectivity index (χ0n) is 9.16. The maximum atomic E-state index is 5.60. The highest BCUT2D eigenvalue weighted by atomic mass is 35.5. The second-order valence-corrected chi connectivity index (χ2v) is 5.25. The Labute approximate surface area is 91.9 Å². The second kappa shape index (κ2) is 12.5. The first kappa shape index (κ1) is 13.5. The molecule has 0 aliphatic heterocycles. The quantitative estimate of drug-likeness (QED) is 0.300. The summed E-state index contributed by atoms with van der Waals surface area (Å²) in [6.07, 6.45) is 12.7. The Balaban J connectivity index is 2.76. The van der Waals surface area contributed by atoms with E-state index in [0.29, 0.717) is 0 Å². The molecule has 0 atom stereocenters. The summed E-state index contributed by atoms with van der Waals surface area (Å²) in [5, 5.41) is 0. The van der Waals surface area contributed by atoms with Crippen molar-refractivity contribution < 1.29 is 0 Å². The third kappa shape index (κ3) is 12.5. The van der Waals surface area contributed by atoms with Crippen molar-refractivity contribution in [3.05, 3.63) is 0 Å². The van der Waals surface area contributed by atoms with Gasteiger partial charge in [0, 0.05) is 16.1 Å². The zero-order valence-corrected chi connectivity index (χ0v) is 11.9. The average molecular weight is 221 g/mol. The van der Waals surface area contributed by atoms with Gasteiger partial charge in [-0.15, -0.1) is 11.6 Å². The lowest BCUT2D eigenvalue weighted by atomic mass is 10.1. The average Bonchev–Trinajstić information content (AvgIpc) is 2.16. The summed E-state index contributed by atoms with van der Waals surface area (Å²) in [6, 6.07) is 1.50. The first-order valence-corrected chi connectivity index (χ1v) is 7.92. The van der Waals surface area contributed by atoms with Gasteiger partial charge in [-0.3, -0.25) is 0 Å². The molecule has 0 aromatic rings. The molecule has 0 heterocycles. The smallest absolute Gasteiger partial charge is 0.0223 e. The van der Waals surface area contributed by atoms with Crippen LogP contribution in [0.1, 0.15) is 57.8 Å². The first-order valence-electron chi connectivity index (χ1n) is 5.97. The van der Waals surface area contributed by atoms with Crippen molar-refractivity contribution in [3.8, 4) is 0 Å². The number of halogens is 1. The third-order valence-electron chi connectivity index (χ3n) is 2.49. The summed E-state index contributed by atoms with van der Waals surface area (Å²) in [6.45, 7) is 0. The van der Waals surface area contributed by atoms with E-state index in [4.69, 9.17) is 11.6 Å². The fourth-order valence-electron chi connectivity index (χ4n) is 1.58. The maximum absolute atomic E-state index is 5.60. The minimum atomic E-state index is 0.848.